The minimum atomic E-state index is -0.373. The van der Waals surface area contributed by atoms with Crippen LogP contribution in [0.5, 0.6) is 17.2 Å². The van der Waals surface area contributed by atoms with Crippen LogP contribution in [0.1, 0.15) is 11.7 Å². The molecule has 0 aliphatic heterocycles. The fourth-order valence-electron chi connectivity index (χ4n) is 1.78. The summed E-state index contributed by atoms with van der Waals surface area (Å²) in [5.74, 6) is 1.75. The molecule has 0 heterocycles. The molecule has 3 N–H and O–H groups in total. The van der Waals surface area contributed by atoms with Gasteiger partial charge in [0.15, 0.2) is 11.5 Å². The molecule has 0 aliphatic carbocycles. The molecule has 0 amide bonds. The van der Waals surface area contributed by atoms with Crippen molar-refractivity contribution in [1.29, 1.82) is 0 Å². The lowest BCUT2D eigenvalue weighted by Gasteiger charge is -2.20. The van der Waals surface area contributed by atoms with Crippen LogP contribution < -0.4 is 19.9 Å². The molecule has 0 aromatic heterocycles. The SMILES string of the molecule is COc1cc(OC)c(C(CN)OCCO)cc1OC. The lowest BCUT2D eigenvalue weighted by Crippen LogP contribution is -2.18. The van der Waals surface area contributed by atoms with E-state index in [0.29, 0.717) is 17.2 Å². The Kier molecular flexibility index (Phi) is 6.41. The molecule has 6 nitrogen and oxygen atoms in total. The molecule has 1 aromatic rings. The Labute approximate surface area is 113 Å². The van der Waals surface area contributed by atoms with Gasteiger partial charge in [0.25, 0.3) is 0 Å². The first kappa shape index (κ1) is 15.6. The average Bonchev–Trinajstić information content (AvgIpc) is 2.47. The van der Waals surface area contributed by atoms with E-state index in [4.69, 9.17) is 29.8 Å². The Morgan fingerprint density at radius 2 is 1.63 bits per heavy atom. The fourth-order valence-corrected chi connectivity index (χ4v) is 1.78. The molecule has 0 saturated carbocycles. The zero-order chi connectivity index (χ0) is 14.3. The van der Waals surface area contributed by atoms with E-state index in [1.165, 1.54) is 0 Å². The van der Waals surface area contributed by atoms with Crippen LogP contribution in [-0.4, -0.2) is 46.2 Å². The first-order chi connectivity index (χ1) is 9.21. The molecule has 19 heavy (non-hydrogen) atoms. The molecule has 108 valence electrons. The van der Waals surface area contributed by atoms with Gasteiger partial charge < -0.3 is 29.8 Å². The summed E-state index contributed by atoms with van der Waals surface area (Å²) in [7, 11) is 4.67. The zero-order valence-corrected chi connectivity index (χ0v) is 11.5. The first-order valence-electron chi connectivity index (χ1n) is 5.94. The van der Waals surface area contributed by atoms with E-state index in [1.807, 2.05) is 0 Å². The van der Waals surface area contributed by atoms with E-state index in [2.05, 4.69) is 0 Å². The van der Waals surface area contributed by atoms with E-state index in [0.717, 1.165) is 5.56 Å². The van der Waals surface area contributed by atoms with Gasteiger partial charge in [-0.2, -0.15) is 0 Å². The number of aliphatic hydroxyl groups excluding tert-OH is 1. The van der Waals surface area contributed by atoms with Crippen LogP contribution in [-0.2, 0) is 4.74 Å². The molecule has 0 bridgehead atoms. The highest BCUT2D eigenvalue weighted by Gasteiger charge is 2.19. The van der Waals surface area contributed by atoms with Gasteiger partial charge in [0.05, 0.1) is 40.6 Å². The van der Waals surface area contributed by atoms with Gasteiger partial charge in [-0.3, -0.25) is 0 Å². The Morgan fingerprint density at radius 1 is 1.05 bits per heavy atom. The molecule has 1 aromatic carbocycles. The third kappa shape index (κ3) is 3.73. The second kappa shape index (κ2) is 7.83. The standard InChI is InChI=1S/C13H21NO5/c1-16-10-7-12(18-3)11(17-2)6-9(10)13(8-14)19-5-4-15/h6-7,13,15H,4-5,8,14H2,1-3H3. The Morgan fingerprint density at radius 3 is 2.11 bits per heavy atom. The lowest BCUT2D eigenvalue weighted by molar-refractivity contribution is 0.0314. The minimum Gasteiger partial charge on any atom is -0.496 e. The van der Waals surface area contributed by atoms with Crippen molar-refractivity contribution in [2.24, 2.45) is 5.73 Å². The lowest BCUT2D eigenvalue weighted by atomic mass is 10.1. The van der Waals surface area contributed by atoms with Crippen molar-refractivity contribution in [2.45, 2.75) is 6.10 Å². The Hall–Kier alpha value is -1.50. The monoisotopic (exact) mass is 271 g/mol. The largest absolute Gasteiger partial charge is 0.496 e. The van der Waals surface area contributed by atoms with Crippen molar-refractivity contribution in [3.63, 3.8) is 0 Å². The molecule has 0 radical (unpaired) electrons. The maximum Gasteiger partial charge on any atom is 0.164 e. The van der Waals surface area contributed by atoms with E-state index in [1.54, 1.807) is 33.5 Å². The number of hydrogen-bond acceptors (Lipinski definition) is 6. The van der Waals surface area contributed by atoms with Crippen LogP contribution in [0, 0.1) is 0 Å². The van der Waals surface area contributed by atoms with Crippen molar-refractivity contribution in [2.75, 3.05) is 41.1 Å². The van der Waals surface area contributed by atoms with E-state index >= 15 is 0 Å². The van der Waals surface area contributed by atoms with Gasteiger partial charge >= 0.3 is 0 Å². The van der Waals surface area contributed by atoms with E-state index < -0.39 is 0 Å². The maximum absolute atomic E-state index is 8.83. The molecule has 0 saturated heterocycles. The summed E-state index contributed by atoms with van der Waals surface area (Å²) in [5, 5.41) is 8.83. The molecule has 1 unspecified atom stereocenters. The zero-order valence-electron chi connectivity index (χ0n) is 11.5. The van der Waals surface area contributed by atoms with Crippen LogP contribution in [0.4, 0.5) is 0 Å². The smallest absolute Gasteiger partial charge is 0.164 e. The average molecular weight is 271 g/mol. The van der Waals surface area contributed by atoms with Gasteiger partial charge in [0.2, 0.25) is 0 Å². The highest BCUT2D eigenvalue weighted by Crippen LogP contribution is 2.38. The number of nitrogens with two attached hydrogens (primary N) is 1. The van der Waals surface area contributed by atoms with Crippen molar-refractivity contribution in [1.82, 2.24) is 0 Å². The van der Waals surface area contributed by atoms with Gasteiger partial charge in [0.1, 0.15) is 5.75 Å². The number of ether oxygens (including phenoxy) is 4. The van der Waals surface area contributed by atoms with E-state index in [9.17, 15) is 0 Å². The minimum absolute atomic E-state index is 0.0634. The number of methoxy groups -OCH3 is 3. The van der Waals surface area contributed by atoms with Crippen molar-refractivity contribution >= 4 is 0 Å². The maximum atomic E-state index is 8.83. The van der Waals surface area contributed by atoms with Gasteiger partial charge in [-0.15, -0.1) is 0 Å². The van der Waals surface area contributed by atoms with Crippen molar-refractivity contribution < 1.29 is 24.1 Å². The summed E-state index contributed by atoms with van der Waals surface area (Å²) >= 11 is 0. The van der Waals surface area contributed by atoms with Gasteiger partial charge in [0, 0.05) is 18.2 Å². The Balaban J connectivity index is 3.15. The molecular weight excluding hydrogens is 250 g/mol. The third-order valence-corrected chi connectivity index (χ3v) is 2.71. The van der Waals surface area contributed by atoms with Crippen LogP contribution in [0.3, 0.4) is 0 Å². The molecule has 1 atom stereocenters. The number of rotatable bonds is 8. The van der Waals surface area contributed by atoms with Crippen LogP contribution in [0.2, 0.25) is 0 Å². The predicted molar refractivity (Wildman–Crippen MR) is 70.9 cm³/mol. The van der Waals surface area contributed by atoms with Crippen LogP contribution in [0.25, 0.3) is 0 Å². The van der Waals surface area contributed by atoms with Crippen molar-refractivity contribution in [3.8, 4) is 17.2 Å². The summed E-state index contributed by atoms with van der Waals surface area (Å²) in [4.78, 5) is 0. The summed E-state index contributed by atoms with van der Waals surface area (Å²) in [6.07, 6.45) is -0.373. The highest BCUT2D eigenvalue weighted by molar-refractivity contribution is 5.51. The normalized spacial score (nSPS) is 12.1. The molecule has 6 heteroatoms. The van der Waals surface area contributed by atoms with E-state index in [-0.39, 0.29) is 25.9 Å². The van der Waals surface area contributed by atoms with Gasteiger partial charge in [-0.1, -0.05) is 0 Å². The van der Waals surface area contributed by atoms with Crippen LogP contribution >= 0.6 is 0 Å². The number of benzene rings is 1. The topological polar surface area (TPSA) is 83.2 Å². The number of hydrogen-bond donors (Lipinski definition) is 2. The quantitative estimate of drug-likeness (QED) is 0.725. The summed E-state index contributed by atoms with van der Waals surface area (Å²) in [6, 6.07) is 3.49. The molecule has 1 rings (SSSR count). The second-order valence-electron chi connectivity index (χ2n) is 3.77. The van der Waals surface area contributed by atoms with Gasteiger partial charge in [-0.25, -0.2) is 0 Å². The van der Waals surface area contributed by atoms with Crippen molar-refractivity contribution in [3.05, 3.63) is 17.7 Å². The molecule has 0 aliphatic rings. The first-order valence-corrected chi connectivity index (χ1v) is 5.94. The predicted octanol–water partition coefficient (Wildman–Crippen LogP) is 0.721. The van der Waals surface area contributed by atoms with Gasteiger partial charge in [-0.05, 0) is 6.07 Å². The third-order valence-electron chi connectivity index (χ3n) is 2.71. The fraction of sp³-hybridized carbons (Fsp3) is 0.538. The molecular formula is C13H21NO5. The highest BCUT2D eigenvalue weighted by atomic mass is 16.5. The Bertz CT molecular complexity index is 397. The molecule has 0 fully saturated rings. The number of aliphatic hydroxyl groups is 1. The second-order valence-corrected chi connectivity index (χ2v) is 3.77. The summed E-state index contributed by atoms with van der Waals surface area (Å²) in [5.41, 5.74) is 6.46. The van der Waals surface area contributed by atoms with Crippen LogP contribution in [0.15, 0.2) is 12.1 Å². The molecule has 0 spiro atoms. The summed E-state index contributed by atoms with van der Waals surface area (Å²) < 4.78 is 21.3. The summed E-state index contributed by atoms with van der Waals surface area (Å²) in [6.45, 7) is 0.414.